The Kier molecular flexibility index (Phi) is 7.64. The first-order chi connectivity index (χ1) is 19.8. The highest BCUT2D eigenvalue weighted by molar-refractivity contribution is 6.35. The van der Waals surface area contributed by atoms with Crippen molar-refractivity contribution in [2.75, 3.05) is 17.2 Å². The van der Waals surface area contributed by atoms with Crippen molar-refractivity contribution >= 4 is 44.8 Å². The first kappa shape index (κ1) is 29.4. The molecule has 1 fully saturated rings. The second-order valence-electron chi connectivity index (χ2n) is 12.0. The molecule has 1 aliphatic rings. The number of nitrogens with one attached hydrogen (secondary N) is 2. The van der Waals surface area contributed by atoms with Crippen LogP contribution in [0.1, 0.15) is 50.8 Å². The van der Waals surface area contributed by atoms with Crippen LogP contribution in [-0.2, 0) is 7.05 Å². The van der Waals surface area contributed by atoms with Gasteiger partial charge in [-0.15, -0.1) is 0 Å². The number of rotatable bonds is 9. The second kappa shape index (κ2) is 10.9. The SMILES string of the molecule is Cn1ncc2cccc(C(Nc3cc(Cl)c4ncc(C#N)c(NCC(C)(C)C)c4c3)C(N)=CN(N)C3(C(F)F)CC3)c21. The molecule has 12 heteroatoms. The lowest BCUT2D eigenvalue weighted by Crippen LogP contribution is -2.44. The highest BCUT2D eigenvalue weighted by Crippen LogP contribution is 2.46. The van der Waals surface area contributed by atoms with E-state index in [2.05, 4.69) is 47.6 Å². The Balaban J connectivity index is 1.63. The van der Waals surface area contributed by atoms with Crippen LogP contribution in [0.3, 0.4) is 0 Å². The quantitative estimate of drug-likeness (QED) is 0.136. The molecule has 1 aliphatic carbocycles. The lowest BCUT2D eigenvalue weighted by Gasteiger charge is -2.28. The molecule has 2 aromatic heterocycles. The lowest BCUT2D eigenvalue weighted by atomic mass is 9.96. The van der Waals surface area contributed by atoms with Gasteiger partial charge in [0.1, 0.15) is 11.6 Å². The third kappa shape index (κ3) is 5.52. The van der Waals surface area contributed by atoms with Crippen molar-refractivity contribution in [2.45, 2.75) is 51.6 Å². The van der Waals surface area contributed by atoms with Crippen LogP contribution in [0.25, 0.3) is 21.8 Å². The highest BCUT2D eigenvalue weighted by Gasteiger charge is 2.54. The molecule has 1 atom stereocenters. The van der Waals surface area contributed by atoms with E-state index in [0.29, 0.717) is 39.4 Å². The molecule has 0 aliphatic heterocycles. The van der Waals surface area contributed by atoms with E-state index in [1.165, 1.54) is 12.4 Å². The third-order valence-corrected chi connectivity index (χ3v) is 7.85. The minimum absolute atomic E-state index is 0.0562. The van der Waals surface area contributed by atoms with Gasteiger partial charge in [-0.05, 0) is 30.4 Å². The van der Waals surface area contributed by atoms with Crippen LogP contribution in [0, 0.1) is 16.7 Å². The van der Waals surface area contributed by atoms with Gasteiger partial charge >= 0.3 is 0 Å². The number of nitriles is 1. The van der Waals surface area contributed by atoms with E-state index in [0.717, 1.165) is 21.5 Å². The van der Waals surface area contributed by atoms with Gasteiger partial charge < -0.3 is 21.4 Å². The summed E-state index contributed by atoms with van der Waals surface area (Å²) in [5.41, 5.74) is 9.11. The van der Waals surface area contributed by atoms with Gasteiger partial charge in [-0.25, -0.2) is 14.6 Å². The summed E-state index contributed by atoms with van der Waals surface area (Å²) in [6.07, 6.45) is 2.57. The van der Waals surface area contributed by atoms with Crippen LogP contribution in [0.5, 0.6) is 0 Å². The summed E-state index contributed by atoms with van der Waals surface area (Å²) < 4.78 is 29.4. The molecule has 0 spiro atoms. The summed E-state index contributed by atoms with van der Waals surface area (Å²) >= 11 is 6.73. The average molecular weight is 594 g/mol. The number of hydrogen-bond acceptors (Lipinski definition) is 8. The van der Waals surface area contributed by atoms with Crippen molar-refractivity contribution in [1.82, 2.24) is 19.8 Å². The van der Waals surface area contributed by atoms with Gasteiger partial charge in [-0.1, -0.05) is 50.6 Å². The zero-order chi connectivity index (χ0) is 30.4. The fraction of sp³-hybridized carbons (Fsp3) is 0.367. The topological polar surface area (TPSA) is 134 Å². The normalized spacial score (nSPS) is 15.6. The number of aryl methyl sites for hydroxylation is 1. The number of fused-ring (bicyclic) bond motifs is 2. The molecule has 1 saturated carbocycles. The Labute approximate surface area is 248 Å². The molecular formula is C30H34ClF2N9. The van der Waals surface area contributed by atoms with E-state index < -0.39 is 18.0 Å². The Morgan fingerprint density at radius 3 is 2.67 bits per heavy atom. The maximum absolute atomic E-state index is 13.8. The highest BCUT2D eigenvalue weighted by atomic mass is 35.5. The summed E-state index contributed by atoms with van der Waals surface area (Å²) in [6.45, 7) is 6.88. The van der Waals surface area contributed by atoms with Gasteiger partial charge in [-0.2, -0.15) is 10.4 Å². The van der Waals surface area contributed by atoms with E-state index in [1.54, 1.807) is 16.9 Å². The first-order valence-electron chi connectivity index (χ1n) is 13.6. The maximum Gasteiger partial charge on any atom is 0.262 e. The van der Waals surface area contributed by atoms with Gasteiger partial charge in [0.2, 0.25) is 0 Å². The molecular weight excluding hydrogens is 560 g/mol. The van der Waals surface area contributed by atoms with Crippen molar-refractivity contribution in [3.05, 3.63) is 70.8 Å². The van der Waals surface area contributed by atoms with Crippen LogP contribution in [-0.4, -0.2) is 38.3 Å². The number of nitrogens with zero attached hydrogens (tertiary/aromatic N) is 5. The van der Waals surface area contributed by atoms with Gasteiger partial charge in [0.15, 0.2) is 0 Å². The van der Waals surface area contributed by atoms with Crippen LogP contribution < -0.4 is 22.2 Å². The van der Waals surface area contributed by atoms with E-state index in [-0.39, 0.29) is 24.0 Å². The van der Waals surface area contributed by atoms with E-state index >= 15 is 0 Å². The Morgan fingerprint density at radius 1 is 1.29 bits per heavy atom. The largest absolute Gasteiger partial charge is 0.399 e. The van der Waals surface area contributed by atoms with Crippen LogP contribution in [0.2, 0.25) is 5.02 Å². The molecule has 2 heterocycles. The predicted molar refractivity (Wildman–Crippen MR) is 163 cm³/mol. The monoisotopic (exact) mass is 593 g/mol. The number of anilines is 2. The van der Waals surface area contributed by atoms with Gasteiger partial charge in [0.05, 0.1) is 45.2 Å². The zero-order valence-electron chi connectivity index (χ0n) is 23.9. The van der Waals surface area contributed by atoms with E-state index in [4.69, 9.17) is 23.2 Å². The van der Waals surface area contributed by atoms with Gasteiger partial charge in [-0.3, -0.25) is 9.67 Å². The van der Waals surface area contributed by atoms with E-state index in [9.17, 15) is 14.0 Å². The second-order valence-corrected chi connectivity index (χ2v) is 12.4. The smallest absolute Gasteiger partial charge is 0.262 e. The number of halogens is 3. The van der Waals surface area contributed by atoms with E-state index in [1.807, 2.05) is 31.3 Å². The van der Waals surface area contributed by atoms with Crippen molar-refractivity contribution < 1.29 is 8.78 Å². The van der Waals surface area contributed by atoms with Gasteiger partial charge in [0, 0.05) is 48.0 Å². The fourth-order valence-electron chi connectivity index (χ4n) is 5.06. The Morgan fingerprint density at radius 2 is 2.02 bits per heavy atom. The number of nitrogens with two attached hydrogens (primary N) is 2. The van der Waals surface area contributed by atoms with Gasteiger partial charge in [0.25, 0.3) is 6.43 Å². The Hall–Kier alpha value is -4.14. The number of aromatic nitrogens is 3. The van der Waals surface area contributed by atoms with Crippen molar-refractivity contribution in [3.8, 4) is 6.07 Å². The maximum atomic E-state index is 13.8. The predicted octanol–water partition coefficient (Wildman–Crippen LogP) is 6.03. The number of benzene rings is 2. The molecule has 0 saturated heterocycles. The number of alkyl halides is 2. The minimum Gasteiger partial charge on any atom is -0.399 e. The molecule has 6 N–H and O–H groups in total. The molecule has 4 aromatic rings. The molecule has 2 aromatic carbocycles. The molecule has 0 radical (unpaired) electrons. The number of pyridine rings is 1. The Bertz CT molecular complexity index is 1710. The zero-order valence-corrected chi connectivity index (χ0v) is 24.7. The van der Waals surface area contributed by atoms with Crippen LogP contribution in [0.15, 0.2) is 54.6 Å². The molecule has 5 rings (SSSR count). The summed E-state index contributed by atoms with van der Waals surface area (Å²) in [4.78, 5) is 4.44. The minimum atomic E-state index is -2.61. The molecule has 220 valence electrons. The number of para-hydroxylation sites is 1. The molecule has 0 amide bonds. The number of hydrazine groups is 1. The van der Waals surface area contributed by atoms with Crippen molar-refractivity contribution in [1.29, 1.82) is 5.26 Å². The van der Waals surface area contributed by atoms with Crippen LogP contribution in [0.4, 0.5) is 20.2 Å². The first-order valence-corrected chi connectivity index (χ1v) is 14.0. The summed E-state index contributed by atoms with van der Waals surface area (Å²) in [5, 5.41) is 24.0. The third-order valence-electron chi connectivity index (χ3n) is 7.56. The summed E-state index contributed by atoms with van der Waals surface area (Å²) in [7, 11) is 1.82. The summed E-state index contributed by atoms with van der Waals surface area (Å²) in [5.74, 6) is 6.15. The molecule has 9 nitrogen and oxygen atoms in total. The average Bonchev–Trinajstić information content (AvgIpc) is 3.67. The molecule has 42 heavy (non-hydrogen) atoms. The molecule has 0 bridgehead atoms. The van der Waals surface area contributed by atoms with Crippen LogP contribution >= 0.6 is 11.6 Å². The summed E-state index contributed by atoms with van der Waals surface area (Å²) in [6, 6.07) is 10.8. The van der Waals surface area contributed by atoms with Crippen molar-refractivity contribution in [2.24, 2.45) is 24.0 Å². The number of hydrogen-bond donors (Lipinski definition) is 4. The standard InChI is InChI=1S/C30H34ClF2N9/c1-29(2,3)16-38-24-18(12-34)13-37-25-21(24)10-19(11-22(25)31)40-26(20-7-5-6-17-14-39-41(4)27(17)20)23(35)15-42(36)30(8-9-30)28(32)33/h5-7,10-11,13-15,26,28,40H,8-9,16,35-36H2,1-4H3,(H,37,38). The van der Waals surface area contributed by atoms with Crippen molar-refractivity contribution in [3.63, 3.8) is 0 Å². The lowest BCUT2D eigenvalue weighted by molar-refractivity contribution is 0.0305. The fourth-order valence-corrected chi connectivity index (χ4v) is 5.33. The molecule has 1 unspecified atom stereocenters.